The molecule has 2 aliphatic rings. The van der Waals surface area contributed by atoms with E-state index in [0.717, 1.165) is 32.6 Å². The van der Waals surface area contributed by atoms with E-state index in [1.807, 2.05) is 11.3 Å². The van der Waals surface area contributed by atoms with E-state index in [-0.39, 0.29) is 0 Å². The molecule has 1 aromatic carbocycles. The summed E-state index contributed by atoms with van der Waals surface area (Å²) >= 11 is 1.93. The van der Waals surface area contributed by atoms with Crippen molar-refractivity contribution in [1.29, 1.82) is 0 Å². The minimum atomic E-state index is 0.676. The molecule has 110 valence electrons. The summed E-state index contributed by atoms with van der Waals surface area (Å²) in [6.45, 7) is 4.34. The number of anilines is 1. The summed E-state index contributed by atoms with van der Waals surface area (Å²) < 4.78 is 0. The van der Waals surface area contributed by atoms with Gasteiger partial charge in [0.05, 0.1) is 5.69 Å². The monoisotopic (exact) mass is 299 g/mol. The Labute approximate surface area is 130 Å². The fraction of sp³-hybridized carbons (Fsp3) is 0.471. The second-order valence-electron chi connectivity index (χ2n) is 5.95. The number of rotatable bonds is 2. The minimum absolute atomic E-state index is 0.676. The molecule has 0 spiro atoms. The Morgan fingerprint density at radius 3 is 2.76 bits per heavy atom. The van der Waals surface area contributed by atoms with Crippen LogP contribution in [0.4, 0.5) is 5.13 Å². The van der Waals surface area contributed by atoms with Gasteiger partial charge in [0.25, 0.3) is 0 Å². The molecule has 1 aliphatic carbocycles. The number of nitrogens with zero attached hydrogens (tertiary/aromatic N) is 2. The van der Waals surface area contributed by atoms with Crippen molar-refractivity contribution in [2.45, 2.75) is 25.2 Å². The lowest BCUT2D eigenvalue weighted by Gasteiger charge is -2.26. The number of thiazole rings is 1. The van der Waals surface area contributed by atoms with Crippen LogP contribution in [-0.2, 0) is 12.8 Å². The lowest BCUT2D eigenvalue weighted by atomic mass is 9.85. The van der Waals surface area contributed by atoms with Gasteiger partial charge in [0.1, 0.15) is 0 Å². The van der Waals surface area contributed by atoms with E-state index in [0.29, 0.717) is 5.92 Å². The summed E-state index contributed by atoms with van der Waals surface area (Å²) in [6.07, 6.45) is 3.54. The predicted octanol–water partition coefficient (Wildman–Crippen LogP) is 2.83. The third-order valence-corrected chi connectivity index (χ3v) is 5.77. The van der Waals surface area contributed by atoms with Crippen LogP contribution in [0.3, 0.4) is 0 Å². The Morgan fingerprint density at radius 2 is 1.95 bits per heavy atom. The molecule has 4 rings (SSSR count). The zero-order valence-electron chi connectivity index (χ0n) is 12.2. The maximum Gasteiger partial charge on any atom is 0.185 e. The van der Waals surface area contributed by atoms with E-state index in [9.17, 15) is 0 Å². The van der Waals surface area contributed by atoms with Gasteiger partial charge in [-0.3, -0.25) is 0 Å². The van der Waals surface area contributed by atoms with Crippen molar-refractivity contribution in [3.05, 3.63) is 46.5 Å². The van der Waals surface area contributed by atoms with Gasteiger partial charge in [-0.25, -0.2) is 4.98 Å². The van der Waals surface area contributed by atoms with Crippen molar-refractivity contribution < 1.29 is 0 Å². The Kier molecular flexibility index (Phi) is 3.65. The van der Waals surface area contributed by atoms with E-state index in [4.69, 9.17) is 4.98 Å². The Balaban J connectivity index is 1.54. The Hall–Kier alpha value is -1.39. The molecule has 1 N–H and O–H groups in total. The smallest absolute Gasteiger partial charge is 0.185 e. The van der Waals surface area contributed by atoms with E-state index >= 15 is 0 Å². The first-order valence-electron chi connectivity index (χ1n) is 7.89. The van der Waals surface area contributed by atoms with E-state index in [1.165, 1.54) is 34.1 Å². The van der Waals surface area contributed by atoms with Crippen LogP contribution in [0, 0.1) is 0 Å². The molecule has 21 heavy (non-hydrogen) atoms. The first-order valence-corrected chi connectivity index (χ1v) is 8.71. The third kappa shape index (κ3) is 2.70. The first-order chi connectivity index (χ1) is 10.4. The zero-order valence-corrected chi connectivity index (χ0v) is 13.0. The van der Waals surface area contributed by atoms with Crippen molar-refractivity contribution in [2.75, 3.05) is 31.1 Å². The van der Waals surface area contributed by atoms with Crippen LogP contribution in [0.1, 0.15) is 28.5 Å². The molecule has 1 aliphatic heterocycles. The maximum atomic E-state index is 4.92. The van der Waals surface area contributed by atoms with Crippen molar-refractivity contribution in [2.24, 2.45) is 0 Å². The van der Waals surface area contributed by atoms with Crippen LogP contribution in [0.2, 0.25) is 0 Å². The molecule has 2 aromatic rings. The Bertz CT molecular complexity index is 602. The van der Waals surface area contributed by atoms with Crippen LogP contribution < -0.4 is 10.2 Å². The minimum Gasteiger partial charge on any atom is -0.346 e. The maximum absolute atomic E-state index is 4.92. The number of fused-ring (bicyclic) bond motifs is 1. The van der Waals surface area contributed by atoms with Gasteiger partial charge in [0.2, 0.25) is 0 Å². The lowest BCUT2D eigenvalue weighted by Crippen LogP contribution is -2.43. The van der Waals surface area contributed by atoms with Crippen LogP contribution in [0.25, 0.3) is 0 Å². The fourth-order valence-corrected chi connectivity index (χ4v) is 4.60. The van der Waals surface area contributed by atoms with E-state index in [2.05, 4.69) is 40.5 Å². The molecule has 1 aromatic heterocycles. The molecule has 1 atom stereocenters. The second-order valence-corrected chi connectivity index (χ2v) is 7.02. The Morgan fingerprint density at radius 1 is 1.14 bits per heavy atom. The number of hydrogen-bond acceptors (Lipinski definition) is 4. The van der Waals surface area contributed by atoms with Crippen LogP contribution in [0.5, 0.6) is 0 Å². The van der Waals surface area contributed by atoms with Gasteiger partial charge >= 0.3 is 0 Å². The van der Waals surface area contributed by atoms with E-state index < -0.39 is 0 Å². The van der Waals surface area contributed by atoms with Crippen LogP contribution in [-0.4, -0.2) is 31.2 Å². The molecule has 0 saturated carbocycles. The van der Waals surface area contributed by atoms with Gasteiger partial charge < -0.3 is 10.2 Å². The molecule has 1 fully saturated rings. The normalized spacial score (nSPS) is 22.1. The van der Waals surface area contributed by atoms with Crippen LogP contribution in [0.15, 0.2) is 30.3 Å². The third-order valence-electron chi connectivity index (χ3n) is 4.59. The zero-order chi connectivity index (χ0) is 14.1. The largest absolute Gasteiger partial charge is 0.346 e. The van der Waals surface area contributed by atoms with Gasteiger partial charge in [0.15, 0.2) is 5.13 Å². The van der Waals surface area contributed by atoms with Gasteiger partial charge in [0, 0.05) is 31.1 Å². The molecule has 0 bridgehead atoms. The summed E-state index contributed by atoms with van der Waals surface area (Å²) in [6, 6.07) is 11.0. The number of piperazine rings is 1. The van der Waals surface area contributed by atoms with Gasteiger partial charge in [-0.2, -0.15) is 0 Å². The number of nitrogens with one attached hydrogen (secondary N) is 1. The second kappa shape index (κ2) is 5.78. The number of hydrogen-bond donors (Lipinski definition) is 1. The quantitative estimate of drug-likeness (QED) is 0.924. The van der Waals surface area contributed by atoms with Crippen molar-refractivity contribution in [1.82, 2.24) is 10.3 Å². The highest BCUT2D eigenvalue weighted by Crippen LogP contribution is 2.37. The fourth-order valence-electron chi connectivity index (χ4n) is 3.36. The molecule has 0 amide bonds. The van der Waals surface area contributed by atoms with Gasteiger partial charge in [-0.05, 0) is 30.7 Å². The molecule has 0 radical (unpaired) electrons. The first kappa shape index (κ1) is 13.3. The topological polar surface area (TPSA) is 28.2 Å². The molecule has 4 heteroatoms. The summed E-state index contributed by atoms with van der Waals surface area (Å²) in [7, 11) is 0. The molecule has 1 unspecified atom stereocenters. The highest BCUT2D eigenvalue weighted by atomic mass is 32.1. The van der Waals surface area contributed by atoms with Crippen molar-refractivity contribution in [3.63, 3.8) is 0 Å². The lowest BCUT2D eigenvalue weighted by molar-refractivity contribution is 0.578. The average molecular weight is 299 g/mol. The van der Waals surface area contributed by atoms with E-state index in [1.54, 1.807) is 0 Å². The molecule has 2 heterocycles. The molecular weight excluding hydrogens is 278 g/mol. The van der Waals surface area contributed by atoms with Crippen molar-refractivity contribution in [3.8, 4) is 0 Å². The summed E-state index contributed by atoms with van der Waals surface area (Å²) in [4.78, 5) is 8.88. The summed E-state index contributed by atoms with van der Waals surface area (Å²) in [5.41, 5.74) is 2.85. The predicted molar refractivity (Wildman–Crippen MR) is 88.4 cm³/mol. The number of aryl methyl sites for hydroxylation is 1. The average Bonchev–Trinajstić information content (AvgIpc) is 2.99. The SMILES string of the molecule is c1ccc(C2CCc3nc(N4CCNCC4)sc3C2)cc1. The summed E-state index contributed by atoms with van der Waals surface area (Å²) in [5, 5.41) is 4.66. The van der Waals surface area contributed by atoms with Gasteiger partial charge in [-0.15, -0.1) is 11.3 Å². The number of benzene rings is 1. The standard InChI is InChI=1S/C17H21N3S/c1-2-4-13(5-3-1)14-6-7-15-16(12-14)21-17(19-15)20-10-8-18-9-11-20/h1-5,14,18H,6-12H2. The molecular formula is C17H21N3S. The number of aromatic nitrogens is 1. The van der Waals surface area contributed by atoms with Gasteiger partial charge in [-0.1, -0.05) is 30.3 Å². The molecule has 1 saturated heterocycles. The summed E-state index contributed by atoms with van der Waals surface area (Å²) in [5.74, 6) is 0.676. The molecule has 3 nitrogen and oxygen atoms in total. The highest BCUT2D eigenvalue weighted by molar-refractivity contribution is 7.15. The highest BCUT2D eigenvalue weighted by Gasteiger charge is 2.25. The van der Waals surface area contributed by atoms with Crippen molar-refractivity contribution >= 4 is 16.5 Å². The van der Waals surface area contributed by atoms with Crippen LogP contribution >= 0.6 is 11.3 Å².